The number of nitrogens with zero attached hydrogens (tertiary/aromatic N) is 4. The molecule has 0 spiro atoms. The first kappa shape index (κ1) is 16.5. The summed E-state index contributed by atoms with van der Waals surface area (Å²) in [5, 5.41) is 3.31. The fourth-order valence-corrected chi connectivity index (χ4v) is 3.72. The van der Waals surface area contributed by atoms with Gasteiger partial charge in [0.25, 0.3) is 0 Å². The number of hydrogen-bond donors (Lipinski definition) is 1. The van der Waals surface area contributed by atoms with Gasteiger partial charge in [-0.3, -0.25) is 9.69 Å². The highest BCUT2D eigenvalue weighted by Crippen LogP contribution is 2.21. The third-order valence-electron chi connectivity index (χ3n) is 5.18. The van der Waals surface area contributed by atoms with Gasteiger partial charge in [0.15, 0.2) is 0 Å². The van der Waals surface area contributed by atoms with Gasteiger partial charge in [-0.15, -0.1) is 0 Å². The summed E-state index contributed by atoms with van der Waals surface area (Å²) >= 11 is 0. The quantitative estimate of drug-likeness (QED) is 0.865. The number of nitrogens with one attached hydrogen (secondary N) is 1. The van der Waals surface area contributed by atoms with Crippen LogP contribution in [0.1, 0.15) is 31.5 Å². The molecule has 3 rings (SSSR count). The Morgan fingerprint density at radius 1 is 1.30 bits per heavy atom. The van der Waals surface area contributed by atoms with E-state index in [2.05, 4.69) is 26.8 Å². The Hall–Kier alpha value is -1.40. The fourth-order valence-electron chi connectivity index (χ4n) is 3.72. The molecular formula is C17H29N5O. The molecule has 0 radical (unpaired) electrons. The monoisotopic (exact) mass is 319 g/mol. The van der Waals surface area contributed by atoms with Crippen molar-refractivity contribution < 1.29 is 4.79 Å². The molecule has 23 heavy (non-hydrogen) atoms. The molecule has 3 heterocycles. The summed E-state index contributed by atoms with van der Waals surface area (Å²) in [6, 6.07) is 0.521. The lowest BCUT2D eigenvalue weighted by Gasteiger charge is -2.37. The Kier molecular flexibility index (Phi) is 5.67. The Bertz CT molecular complexity index is 509. The molecule has 6 heteroatoms. The SMILES string of the molecule is Cn1ccnc1CCC1CCCCN1CC(=O)N1CCNCC1. The van der Waals surface area contributed by atoms with Crippen LogP contribution in [0.25, 0.3) is 0 Å². The first-order chi connectivity index (χ1) is 11.2. The Labute approximate surface area is 138 Å². The van der Waals surface area contributed by atoms with Gasteiger partial charge in [0.2, 0.25) is 5.91 Å². The van der Waals surface area contributed by atoms with Gasteiger partial charge in [0.05, 0.1) is 6.54 Å². The van der Waals surface area contributed by atoms with Crippen LogP contribution in [0.4, 0.5) is 0 Å². The van der Waals surface area contributed by atoms with Crippen molar-refractivity contribution in [3.63, 3.8) is 0 Å². The van der Waals surface area contributed by atoms with E-state index < -0.39 is 0 Å². The number of piperidine rings is 1. The van der Waals surface area contributed by atoms with E-state index in [-0.39, 0.29) is 0 Å². The van der Waals surface area contributed by atoms with Crippen LogP contribution in [0.5, 0.6) is 0 Å². The topological polar surface area (TPSA) is 53.4 Å². The minimum absolute atomic E-state index is 0.301. The van der Waals surface area contributed by atoms with Crippen LogP contribution < -0.4 is 5.32 Å². The van der Waals surface area contributed by atoms with E-state index in [9.17, 15) is 4.79 Å². The summed E-state index contributed by atoms with van der Waals surface area (Å²) in [5.41, 5.74) is 0. The van der Waals surface area contributed by atoms with Gasteiger partial charge in [0.1, 0.15) is 5.82 Å². The number of likely N-dealkylation sites (tertiary alicyclic amines) is 1. The van der Waals surface area contributed by atoms with Crippen LogP contribution in [-0.2, 0) is 18.3 Å². The molecule has 0 saturated carbocycles. The lowest BCUT2D eigenvalue weighted by Crippen LogP contribution is -2.51. The maximum Gasteiger partial charge on any atom is 0.236 e. The molecule has 2 fully saturated rings. The van der Waals surface area contributed by atoms with Crippen molar-refractivity contribution in [2.24, 2.45) is 7.05 Å². The molecule has 1 aromatic rings. The molecule has 0 aliphatic carbocycles. The van der Waals surface area contributed by atoms with Crippen molar-refractivity contribution in [2.75, 3.05) is 39.3 Å². The number of imidazole rings is 1. The number of amides is 1. The molecule has 1 amide bonds. The molecule has 0 bridgehead atoms. The smallest absolute Gasteiger partial charge is 0.236 e. The second kappa shape index (κ2) is 7.93. The number of carbonyl (C=O) groups is 1. The van der Waals surface area contributed by atoms with E-state index in [1.165, 1.54) is 19.3 Å². The molecular weight excluding hydrogens is 290 g/mol. The number of aryl methyl sites for hydroxylation is 2. The lowest BCUT2D eigenvalue weighted by molar-refractivity contribution is -0.134. The zero-order chi connectivity index (χ0) is 16.1. The lowest BCUT2D eigenvalue weighted by atomic mass is 9.97. The predicted molar refractivity (Wildman–Crippen MR) is 90.2 cm³/mol. The third-order valence-corrected chi connectivity index (χ3v) is 5.18. The normalized spacial score (nSPS) is 23.2. The zero-order valence-electron chi connectivity index (χ0n) is 14.2. The highest BCUT2D eigenvalue weighted by Gasteiger charge is 2.26. The molecule has 2 saturated heterocycles. The van der Waals surface area contributed by atoms with Gasteiger partial charge >= 0.3 is 0 Å². The second-order valence-electron chi connectivity index (χ2n) is 6.74. The largest absolute Gasteiger partial charge is 0.339 e. The van der Waals surface area contributed by atoms with E-state index in [1.807, 2.05) is 17.3 Å². The van der Waals surface area contributed by atoms with Gasteiger partial charge in [-0.1, -0.05) is 6.42 Å². The van der Waals surface area contributed by atoms with Crippen molar-refractivity contribution in [3.8, 4) is 0 Å². The standard InChI is InChI=1S/C17H29N5O/c1-20-11-9-19-16(20)6-5-15-4-2-3-10-22(15)14-17(23)21-12-7-18-8-13-21/h9,11,15,18H,2-8,10,12-14H2,1H3. The van der Waals surface area contributed by atoms with Crippen molar-refractivity contribution in [2.45, 2.75) is 38.1 Å². The molecule has 1 N–H and O–H groups in total. The molecule has 2 aliphatic heterocycles. The molecule has 0 aromatic carbocycles. The summed E-state index contributed by atoms with van der Waals surface area (Å²) in [6.45, 7) is 5.20. The summed E-state index contributed by atoms with van der Waals surface area (Å²) in [4.78, 5) is 21.4. The van der Waals surface area contributed by atoms with Crippen LogP contribution in [0.15, 0.2) is 12.4 Å². The Morgan fingerprint density at radius 3 is 2.87 bits per heavy atom. The maximum atomic E-state index is 12.5. The van der Waals surface area contributed by atoms with Gasteiger partial charge in [-0.25, -0.2) is 4.98 Å². The molecule has 1 atom stereocenters. The van der Waals surface area contributed by atoms with Gasteiger partial charge in [0, 0.05) is 58.1 Å². The average molecular weight is 319 g/mol. The fraction of sp³-hybridized carbons (Fsp3) is 0.765. The highest BCUT2D eigenvalue weighted by molar-refractivity contribution is 5.78. The Morgan fingerprint density at radius 2 is 2.13 bits per heavy atom. The van der Waals surface area contributed by atoms with Crippen LogP contribution in [0.2, 0.25) is 0 Å². The number of aromatic nitrogens is 2. The van der Waals surface area contributed by atoms with E-state index in [0.717, 1.165) is 51.4 Å². The first-order valence-corrected chi connectivity index (χ1v) is 8.93. The van der Waals surface area contributed by atoms with Crippen molar-refractivity contribution >= 4 is 5.91 Å². The van der Waals surface area contributed by atoms with E-state index in [4.69, 9.17) is 0 Å². The molecule has 1 unspecified atom stereocenters. The first-order valence-electron chi connectivity index (χ1n) is 8.93. The van der Waals surface area contributed by atoms with Crippen LogP contribution in [-0.4, -0.2) is 70.6 Å². The van der Waals surface area contributed by atoms with Gasteiger partial charge in [-0.2, -0.15) is 0 Å². The van der Waals surface area contributed by atoms with Crippen molar-refractivity contribution in [1.29, 1.82) is 0 Å². The minimum atomic E-state index is 0.301. The van der Waals surface area contributed by atoms with Gasteiger partial charge in [-0.05, 0) is 25.8 Å². The predicted octanol–water partition coefficient (Wildman–Crippen LogP) is 0.639. The second-order valence-corrected chi connectivity index (χ2v) is 6.74. The van der Waals surface area contributed by atoms with E-state index >= 15 is 0 Å². The van der Waals surface area contributed by atoms with Crippen LogP contribution in [0, 0.1) is 0 Å². The van der Waals surface area contributed by atoms with Crippen molar-refractivity contribution in [1.82, 2.24) is 24.7 Å². The van der Waals surface area contributed by atoms with Crippen LogP contribution >= 0.6 is 0 Å². The zero-order valence-corrected chi connectivity index (χ0v) is 14.2. The molecule has 128 valence electrons. The van der Waals surface area contributed by atoms with Crippen molar-refractivity contribution in [3.05, 3.63) is 18.2 Å². The maximum absolute atomic E-state index is 12.5. The number of carbonyl (C=O) groups excluding carboxylic acids is 1. The van der Waals surface area contributed by atoms with Crippen LogP contribution in [0.3, 0.4) is 0 Å². The molecule has 6 nitrogen and oxygen atoms in total. The molecule has 1 aromatic heterocycles. The summed E-state index contributed by atoms with van der Waals surface area (Å²) in [6.07, 6.45) is 9.66. The average Bonchev–Trinajstić information content (AvgIpc) is 3.00. The summed E-state index contributed by atoms with van der Waals surface area (Å²) in [5.74, 6) is 1.44. The van der Waals surface area contributed by atoms with E-state index in [0.29, 0.717) is 18.5 Å². The minimum Gasteiger partial charge on any atom is -0.339 e. The Balaban J connectivity index is 1.53. The number of hydrogen-bond acceptors (Lipinski definition) is 4. The number of piperazine rings is 1. The summed E-state index contributed by atoms with van der Waals surface area (Å²) < 4.78 is 2.10. The van der Waals surface area contributed by atoms with Gasteiger partial charge < -0.3 is 14.8 Å². The molecule has 2 aliphatic rings. The third kappa shape index (κ3) is 4.32. The highest BCUT2D eigenvalue weighted by atomic mass is 16.2. The number of rotatable bonds is 5. The summed E-state index contributed by atoms with van der Waals surface area (Å²) in [7, 11) is 2.05. The van der Waals surface area contributed by atoms with E-state index in [1.54, 1.807) is 0 Å².